The fourth-order valence-corrected chi connectivity index (χ4v) is 2.34. The molecule has 0 aliphatic carbocycles. The van der Waals surface area contributed by atoms with Crippen LogP contribution in [-0.2, 0) is 25.7 Å². The van der Waals surface area contributed by atoms with Gasteiger partial charge in [-0.15, -0.1) is 0 Å². The predicted molar refractivity (Wildman–Crippen MR) is 95.0 cm³/mol. The second-order valence-electron chi connectivity index (χ2n) is 5.49. The smallest absolute Gasteiger partial charge is 0.375 e. The molecule has 0 fully saturated rings. The van der Waals surface area contributed by atoms with Gasteiger partial charge in [-0.1, -0.05) is 12.1 Å². The Balaban J connectivity index is 2.02. The first-order valence-electron chi connectivity index (χ1n) is 8.08. The summed E-state index contributed by atoms with van der Waals surface area (Å²) >= 11 is 0. The van der Waals surface area contributed by atoms with E-state index in [0.29, 0.717) is 12.1 Å². The van der Waals surface area contributed by atoms with Gasteiger partial charge in [0.15, 0.2) is 5.78 Å². The van der Waals surface area contributed by atoms with Gasteiger partial charge in [-0.25, -0.2) is 4.79 Å². The van der Waals surface area contributed by atoms with E-state index in [1.54, 1.807) is 25.1 Å². The van der Waals surface area contributed by atoms with Crippen LogP contribution >= 0.6 is 0 Å². The Bertz CT molecular complexity index is 887. The van der Waals surface area contributed by atoms with Gasteiger partial charge in [0.2, 0.25) is 5.78 Å². The lowest BCUT2D eigenvalue weighted by molar-refractivity contribution is -0.154. The maximum Gasteiger partial charge on any atom is 0.375 e. The van der Waals surface area contributed by atoms with Gasteiger partial charge in [0.1, 0.15) is 0 Å². The summed E-state index contributed by atoms with van der Waals surface area (Å²) in [5.74, 6) is -2.32. The maximum atomic E-state index is 11.8. The van der Waals surface area contributed by atoms with Gasteiger partial charge in [0, 0.05) is 18.4 Å². The predicted octanol–water partition coefficient (Wildman–Crippen LogP) is 2.51. The Morgan fingerprint density at radius 1 is 1.23 bits per heavy atom. The largest absolute Gasteiger partial charge is 0.460 e. The first-order valence-corrected chi connectivity index (χ1v) is 8.08. The Labute approximate surface area is 151 Å². The molecular weight excluding hydrogens is 332 g/mol. The molecule has 0 amide bonds. The van der Waals surface area contributed by atoms with E-state index >= 15 is 0 Å². The first-order chi connectivity index (χ1) is 12.5. The van der Waals surface area contributed by atoms with E-state index in [9.17, 15) is 14.4 Å². The number of carbonyl (C=O) groups is 3. The van der Waals surface area contributed by atoms with E-state index in [2.05, 4.69) is 10.8 Å². The zero-order valence-corrected chi connectivity index (χ0v) is 14.3. The highest BCUT2D eigenvalue weighted by Gasteiger charge is 2.17. The molecule has 0 spiro atoms. The molecule has 0 aliphatic rings. The highest BCUT2D eigenvalue weighted by molar-refractivity contribution is 6.37. The third-order valence-corrected chi connectivity index (χ3v) is 3.55. The van der Waals surface area contributed by atoms with Crippen LogP contribution in [0, 0.1) is 11.3 Å². The number of Topliss-reactive ketones (excluding diaryl/α,β-unsaturated/α-hetero) is 1. The molecule has 2 aromatic rings. The number of nitriles is 1. The van der Waals surface area contributed by atoms with Crippen LogP contribution in [0.5, 0.6) is 0 Å². The summed E-state index contributed by atoms with van der Waals surface area (Å²) in [5.41, 5.74) is 2.31. The van der Waals surface area contributed by atoms with Crippen molar-refractivity contribution in [2.75, 3.05) is 6.61 Å². The molecule has 132 valence electrons. The summed E-state index contributed by atoms with van der Waals surface area (Å²) in [6.45, 7) is 2.22. The van der Waals surface area contributed by atoms with E-state index in [-0.39, 0.29) is 6.61 Å². The molecule has 0 unspecified atom stereocenters. The van der Waals surface area contributed by atoms with Gasteiger partial charge in [0.05, 0.1) is 24.7 Å². The number of esters is 1. The zero-order chi connectivity index (χ0) is 18.9. The van der Waals surface area contributed by atoms with Crippen LogP contribution in [0.3, 0.4) is 0 Å². The highest BCUT2D eigenvalue weighted by Crippen LogP contribution is 2.11. The van der Waals surface area contributed by atoms with Crippen molar-refractivity contribution in [3.63, 3.8) is 0 Å². The van der Waals surface area contributed by atoms with Crippen LogP contribution in [0.4, 0.5) is 0 Å². The number of hydrogen-bond acceptors (Lipinski definition) is 5. The monoisotopic (exact) mass is 350 g/mol. The third kappa shape index (κ3) is 5.28. The lowest BCUT2D eigenvalue weighted by Crippen LogP contribution is -2.19. The van der Waals surface area contributed by atoms with Crippen molar-refractivity contribution in [3.8, 4) is 6.07 Å². The molecule has 0 saturated carbocycles. The Hall–Kier alpha value is -3.46. The summed E-state index contributed by atoms with van der Waals surface area (Å²) < 4.78 is 6.48. The van der Waals surface area contributed by atoms with Crippen molar-refractivity contribution >= 4 is 23.6 Å². The molecule has 0 aliphatic heterocycles. The molecule has 6 nitrogen and oxygen atoms in total. The molecule has 1 aromatic carbocycles. The number of nitrogens with zero attached hydrogens (tertiary/aromatic N) is 2. The lowest BCUT2D eigenvalue weighted by Gasteiger charge is -2.07. The van der Waals surface area contributed by atoms with E-state index in [1.807, 2.05) is 35.0 Å². The fourth-order valence-electron chi connectivity index (χ4n) is 2.34. The van der Waals surface area contributed by atoms with Crippen molar-refractivity contribution in [2.45, 2.75) is 19.9 Å². The minimum absolute atomic E-state index is 0.0924. The number of carbonyl (C=O) groups excluding carboxylic acids is 3. The fraction of sp³-hybridized carbons (Fsp3) is 0.200. The molecule has 1 heterocycles. The number of hydrogen-bond donors (Lipinski definition) is 0. The number of ether oxygens (including phenoxy) is 1. The van der Waals surface area contributed by atoms with Crippen molar-refractivity contribution in [2.24, 2.45) is 0 Å². The molecule has 0 bridgehead atoms. The summed E-state index contributed by atoms with van der Waals surface area (Å²) in [5, 5.41) is 8.97. The number of allylic oxidation sites excluding steroid dienone is 1. The van der Waals surface area contributed by atoms with Crippen LogP contribution in [0.25, 0.3) is 6.08 Å². The third-order valence-electron chi connectivity index (χ3n) is 3.55. The van der Waals surface area contributed by atoms with Crippen molar-refractivity contribution in [1.82, 2.24) is 4.57 Å². The summed E-state index contributed by atoms with van der Waals surface area (Å²) in [6.07, 6.45) is 4.21. The van der Waals surface area contributed by atoms with Crippen LogP contribution < -0.4 is 0 Å². The topological polar surface area (TPSA) is 89.2 Å². The second-order valence-corrected chi connectivity index (χ2v) is 5.49. The van der Waals surface area contributed by atoms with Gasteiger partial charge in [-0.2, -0.15) is 5.26 Å². The van der Waals surface area contributed by atoms with E-state index in [4.69, 9.17) is 5.26 Å². The normalized spacial score (nSPS) is 10.5. The average Bonchev–Trinajstić information content (AvgIpc) is 3.07. The Morgan fingerprint density at radius 2 is 2.04 bits per heavy atom. The van der Waals surface area contributed by atoms with Crippen molar-refractivity contribution in [1.29, 1.82) is 5.26 Å². The van der Waals surface area contributed by atoms with Crippen LogP contribution in [-0.4, -0.2) is 28.7 Å². The van der Waals surface area contributed by atoms with Gasteiger partial charge in [0.25, 0.3) is 0 Å². The first kappa shape index (κ1) is 18.9. The van der Waals surface area contributed by atoms with Crippen molar-refractivity contribution < 1.29 is 19.1 Å². The summed E-state index contributed by atoms with van der Waals surface area (Å²) in [4.78, 5) is 34.6. The standard InChI is InChI=1S/C20H18N2O4/c1-2-26-20(25)19(24)12-18(23)9-8-17-7-4-10-22(17)14-16-6-3-5-15(11-16)13-21/h3-11H,2,12,14H2,1H3/b9-8+. The Morgan fingerprint density at radius 3 is 2.77 bits per heavy atom. The minimum Gasteiger partial charge on any atom is -0.460 e. The number of benzene rings is 1. The molecule has 1 aromatic heterocycles. The zero-order valence-electron chi connectivity index (χ0n) is 14.3. The van der Waals surface area contributed by atoms with Gasteiger partial charge < -0.3 is 9.30 Å². The summed E-state index contributed by atoms with van der Waals surface area (Å²) in [7, 11) is 0. The molecule has 26 heavy (non-hydrogen) atoms. The number of ketones is 2. The SMILES string of the molecule is CCOC(=O)C(=O)CC(=O)/C=C/c1cccn1Cc1cccc(C#N)c1. The molecule has 0 N–H and O–H groups in total. The number of aromatic nitrogens is 1. The van der Waals surface area contributed by atoms with Gasteiger partial charge in [-0.3, -0.25) is 9.59 Å². The highest BCUT2D eigenvalue weighted by atomic mass is 16.5. The molecule has 0 radical (unpaired) electrons. The van der Waals surface area contributed by atoms with Gasteiger partial charge >= 0.3 is 5.97 Å². The van der Waals surface area contributed by atoms with Crippen molar-refractivity contribution in [3.05, 3.63) is 65.5 Å². The van der Waals surface area contributed by atoms with E-state index < -0.39 is 24.0 Å². The maximum absolute atomic E-state index is 11.8. The second kappa shape index (κ2) is 9.14. The van der Waals surface area contributed by atoms with E-state index in [1.165, 1.54) is 6.08 Å². The van der Waals surface area contributed by atoms with Crippen LogP contribution in [0.2, 0.25) is 0 Å². The average molecular weight is 350 g/mol. The van der Waals surface area contributed by atoms with Crippen LogP contribution in [0.1, 0.15) is 30.2 Å². The molecule has 0 saturated heterocycles. The molecule has 6 heteroatoms. The summed E-state index contributed by atoms with van der Waals surface area (Å²) in [6, 6.07) is 13.0. The quantitative estimate of drug-likeness (QED) is 0.316. The molecular formula is C20H18N2O4. The molecule has 2 rings (SSSR count). The number of rotatable bonds is 8. The molecule has 0 atom stereocenters. The Kier molecular flexibility index (Phi) is 6.63. The van der Waals surface area contributed by atoms with Gasteiger partial charge in [-0.05, 0) is 48.9 Å². The van der Waals surface area contributed by atoms with E-state index in [0.717, 1.165) is 11.3 Å². The lowest BCUT2D eigenvalue weighted by atomic mass is 10.1. The minimum atomic E-state index is -0.991. The van der Waals surface area contributed by atoms with Crippen LogP contribution in [0.15, 0.2) is 48.7 Å².